The normalized spacial score (nSPS) is 10.7. The zero-order chi connectivity index (χ0) is 21.1. The van der Waals surface area contributed by atoms with Gasteiger partial charge in [-0.15, -0.1) is 5.10 Å². The van der Waals surface area contributed by atoms with Gasteiger partial charge >= 0.3 is 0 Å². The lowest BCUT2D eigenvalue weighted by molar-refractivity contribution is -0.117. The number of nitrogens with zero attached hydrogens (tertiary/aromatic N) is 3. The maximum atomic E-state index is 13.9. The summed E-state index contributed by atoms with van der Waals surface area (Å²) in [4.78, 5) is 24.7. The van der Waals surface area contributed by atoms with E-state index < -0.39 is 17.6 Å². The maximum absolute atomic E-state index is 13.9. The van der Waals surface area contributed by atoms with Gasteiger partial charge in [0.25, 0.3) is 5.91 Å². The van der Waals surface area contributed by atoms with Crippen molar-refractivity contribution in [2.45, 2.75) is 20.4 Å². The minimum atomic E-state index is -0.562. The van der Waals surface area contributed by atoms with Gasteiger partial charge in [0.05, 0.1) is 11.4 Å². The van der Waals surface area contributed by atoms with E-state index in [2.05, 4.69) is 52.8 Å². The minimum Gasteiger partial charge on any atom is -0.322 e. The second-order valence-electron chi connectivity index (χ2n) is 6.27. The summed E-state index contributed by atoms with van der Waals surface area (Å²) in [5.74, 6) is -1.49. The first-order valence-electron chi connectivity index (χ1n) is 8.47. The second-order valence-corrected chi connectivity index (χ2v) is 8.04. The molecule has 1 heterocycles. The van der Waals surface area contributed by atoms with Crippen LogP contribution >= 0.6 is 31.9 Å². The van der Waals surface area contributed by atoms with Crippen molar-refractivity contribution in [3.05, 3.63) is 68.1 Å². The van der Waals surface area contributed by atoms with Gasteiger partial charge in [0.2, 0.25) is 5.91 Å². The Hall–Kier alpha value is -2.59. The molecule has 150 valence electrons. The molecular weight excluding hydrogens is 509 g/mol. The highest BCUT2D eigenvalue weighted by Crippen LogP contribution is 2.21. The Morgan fingerprint density at radius 1 is 1.10 bits per heavy atom. The third kappa shape index (κ3) is 5.07. The lowest BCUT2D eigenvalue weighted by Gasteiger charge is -2.08. The summed E-state index contributed by atoms with van der Waals surface area (Å²) < 4.78 is 16.7. The van der Waals surface area contributed by atoms with Crippen molar-refractivity contribution < 1.29 is 14.0 Å². The van der Waals surface area contributed by atoms with Crippen molar-refractivity contribution in [1.82, 2.24) is 15.0 Å². The fourth-order valence-corrected chi connectivity index (χ4v) is 3.13. The average molecular weight is 525 g/mol. The summed E-state index contributed by atoms with van der Waals surface area (Å²) in [5, 5.41) is 13.0. The predicted molar refractivity (Wildman–Crippen MR) is 114 cm³/mol. The highest BCUT2D eigenvalue weighted by Gasteiger charge is 2.19. The van der Waals surface area contributed by atoms with Gasteiger partial charge in [-0.25, -0.2) is 9.07 Å². The van der Waals surface area contributed by atoms with Gasteiger partial charge in [-0.1, -0.05) is 37.1 Å². The molecule has 0 saturated carbocycles. The average Bonchev–Trinajstić information content (AvgIpc) is 3.01. The highest BCUT2D eigenvalue weighted by atomic mass is 79.9. The highest BCUT2D eigenvalue weighted by molar-refractivity contribution is 9.10. The number of aromatic nitrogens is 3. The molecular formula is C19H16Br2FN5O2. The summed E-state index contributed by atoms with van der Waals surface area (Å²) in [6, 6.07) is 9.73. The number of amides is 2. The third-order valence-electron chi connectivity index (χ3n) is 4.11. The van der Waals surface area contributed by atoms with E-state index in [1.165, 1.54) is 16.8 Å². The van der Waals surface area contributed by atoms with Gasteiger partial charge in [-0.2, -0.15) is 0 Å². The van der Waals surface area contributed by atoms with Crippen LogP contribution in [0, 0.1) is 19.7 Å². The van der Waals surface area contributed by atoms with Crippen LogP contribution in [-0.2, 0) is 11.3 Å². The Bertz CT molecular complexity index is 1100. The molecule has 2 amide bonds. The zero-order valence-corrected chi connectivity index (χ0v) is 18.6. The predicted octanol–water partition coefficient (Wildman–Crippen LogP) is 4.45. The topological polar surface area (TPSA) is 88.9 Å². The Morgan fingerprint density at radius 2 is 1.86 bits per heavy atom. The van der Waals surface area contributed by atoms with Crippen LogP contribution in [0.4, 0.5) is 15.8 Å². The van der Waals surface area contributed by atoms with E-state index in [1.54, 1.807) is 19.1 Å². The molecule has 0 aliphatic heterocycles. The van der Waals surface area contributed by atoms with Gasteiger partial charge in [0, 0.05) is 14.6 Å². The summed E-state index contributed by atoms with van der Waals surface area (Å²) in [7, 11) is 0. The van der Waals surface area contributed by atoms with Crippen molar-refractivity contribution in [3.8, 4) is 0 Å². The number of anilines is 2. The number of hydrogen-bond donors (Lipinski definition) is 2. The van der Waals surface area contributed by atoms with Crippen molar-refractivity contribution in [2.75, 3.05) is 10.6 Å². The van der Waals surface area contributed by atoms with Crippen LogP contribution in [0.2, 0.25) is 0 Å². The van der Waals surface area contributed by atoms with Crippen LogP contribution in [0.15, 0.2) is 45.3 Å². The number of carbonyl (C=O) groups excluding carboxylic acids is 2. The van der Waals surface area contributed by atoms with Crippen molar-refractivity contribution >= 4 is 55.0 Å². The largest absolute Gasteiger partial charge is 0.322 e. The van der Waals surface area contributed by atoms with Crippen LogP contribution in [0.1, 0.15) is 21.7 Å². The molecule has 2 aromatic carbocycles. The summed E-state index contributed by atoms with van der Waals surface area (Å²) in [5.41, 5.74) is 2.17. The van der Waals surface area contributed by atoms with Gasteiger partial charge in [0.1, 0.15) is 12.4 Å². The van der Waals surface area contributed by atoms with Crippen LogP contribution in [-0.4, -0.2) is 26.8 Å². The number of rotatable bonds is 5. The smallest absolute Gasteiger partial charge is 0.278 e. The van der Waals surface area contributed by atoms with Gasteiger partial charge < -0.3 is 10.6 Å². The maximum Gasteiger partial charge on any atom is 0.278 e. The molecule has 2 N–H and O–H groups in total. The first-order chi connectivity index (χ1) is 13.7. The van der Waals surface area contributed by atoms with Gasteiger partial charge in [-0.3, -0.25) is 9.59 Å². The van der Waals surface area contributed by atoms with E-state index in [9.17, 15) is 14.0 Å². The van der Waals surface area contributed by atoms with E-state index >= 15 is 0 Å². The molecule has 0 aliphatic rings. The molecule has 0 radical (unpaired) electrons. The molecule has 0 unspecified atom stereocenters. The first kappa shape index (κ1) is 21.1. The Morgan fingerprint density at radius 3 is 2.55 bits per heavy atom. The number of benzene rings is 2. The van der Waals surface area contributed by atoms with Gasteiger partial charge in [0.15, 0.2) is 5.69 Å². The lowest BCUT2D eigenvalue weighted by atomic mass is 10.2. The van der Waals surface area contributed by atoms with E-state index in [0.717, 1.165) is 10.0 Å². The molecule has 7 nitrogen and oxygen atoms in total. The molecule has 3 rings (SSSR count). The first-order valence-corrected chi connectivity index (χ1v) is 10.1. The lowest BCUT2D eigenvalue weighted by Crippen LogP contribution is -2.21. The molecule has 1 aromatic heterocycles. The van der Waals surface area contributed by atoms with E-state index in [4.69, 9.17) is 0 Å². The number of halogens is 3. The van der Waals surface area contributed by atoms with Gasteiger partial charge in [-0.05, 0) is 55.8 Å². The number of carbonyl (C=O) groups is 2. The molecule has 0 bridgehead atoms. The van der Waals surface area contributed by atoms with E-state index in [1.807, 2.05) is 19.1 Å². The Kier molecular flexibility index (Phi) is 6.43. The molecule has 29 heavy (non-hydrogen) atoms. The molecule has 0 saturated heterocycles. The third-order valence-corrected chi connectivity index (χ3v) is 5.50. The standard InChI is InChI=1S/C19H16Br2FN5O2/c1-10-7-13(4-5-14(10)21)23-19(29)18-11(2)27(26-25-18)9-17(28)24-16-6-3-12(20)8-15(16)22/h3-8H,9H2,1-2H3,(H,23,29)(H,24,28). The molecule has 0 spiro atoms. The fraction of sp³-hybridized carbons (Fsp3) is 0.158. The van der Waals surface area contributed by atoms with Crippen molar-refractivity contribution in [3.63, 3.8) is 0 Å². The molecule has 10 heteroatoms. The summed E-state index contributed by atoms with van der Waals surface area (Å²) >= 11 is 6.57. The zero-order valence-electron chi connectivity index (χ0n) is 15.5. The van der Waals surface area contributed by atoms with E-state index in [-0.39, 0.29) is 17.9 Å². The second kappa shape index (κ2) is 8.83. The van der Waals surface area contributed by atoms with Crippen LogP contribution in [0.3, 0.4) is 0 Å². The van der Waals surface area contributed by atoms with Crippen molar-refractivity contribution in [2.24, 2.45) is 0 Å². The SMILES string of the molecule is Cc1cc(NC(=O)c2nnn(CC(=O)Nc3ccc(Br)cc3F)c2C)ccc1Br. The monoisotopic (exact) mass is 523 g/mol. The van der Waals surface area contributed by atoms with Crippen LogP contribution in [0.25, 0.3) is 0 Å². The quantitative estimate of drug-likeness (QED) is 0.516. The number of nitrogens with one attached hydrogen (secondary N) is 2. The molecule has 0 atom stereocenters. The molecule has 3 aromatic rings. The van der Waals surface area contributed by atoms with Crippen LogP contribution in [0.5, 0.6) is 0 Å². The van der Waals surface area contributed by atoms with Crippen molar-refractivity contribution in [1.29, 1.82) is 0 Å². The number of hydrogen-bond acceptors (Lipinski definition) is 4. The summed E-state index contributed by atoms with van der Waals surface area (Å²) in [6.07, 6.45) is 0. The number of aryl methyl sites for hydroxylation is 1. The fourth-order valence-electron chi connectivity index (χ4n) is 2.55. The Labute approximate surface area is 182 Å². The summed E-state index contributed by atoms with van der Waals surface area (Å²) in [6.45, 7) is 3.34. The minimum absolute atomic E-state index is 0.0551. The molecule has 0 aliphatic carbocycles. The Balaban J connectivity index is 1.68. The molecule has 0 fully saturated rings. The van der Waals surface area contributed by atoms with E-state index in [0.29, 0.717) is 15.9 Å². The van der Waals surface area contributed by atoms with Crippen LogP contribution < -0.4 is 10.6 Å².